The van der Waals surface area contributed by atoms with Crippen LogP contribution in [0.25, 0.3) is 0 Å². The summed E-state index contributed by atoms with van der Waals surface area (Å²) in [6.07, 6.45) is -6.17. The quantitative estimate of drug-likeness (QED) is 0.634. The highest BCUT2D eigenvalue weighted by Gasteiger charge is 2.45. The molecule has 0 saturated carbocycles. The maximum absolute atomic E-state index is 10.8. The summed E-state index contributed by atoms with van der Waals surface area (Å²) in [6.45, 7) is 1.15. The Morgan fingerprint density at radius 3 is 2.50 bits per heavy atom. The van der Waals surface area contributed by atoms with E-state index in [9.17, 15) is 20.1 Å². The molecule has 1 aromatic rings. The third-order valence-corrected chi connectivity index (χ3v) is 3.40. The van der Waals surface area contributed by atoms with E-state index in [4.69, 9.17) is 14.2 Å². The highest BCUT2D eigenvalue weighted by Crippen LogP contribution is 2.23. The molecule has 1 saturated heterocycles. The third-order valence-electron chi connectivity index (χ3n) is 3.40. The molecule has 1 aliphatic rings. The lowest BCUT2D eigenvalue weighted by molar-refractivity contribution is -0.296. The maximum atomic E-state index is 10.8. The number of carbonyl (C=O) groups is 1. The molecule has 1 aliphatic heterocycles. The summed E-state index contributed by atoms with van der Waals surface area (Å²) in [5.41, 5.74) is 0.861. The molecule has 0 aliphatic carbocycles. The summed E-state index contributed by atoms with van der Waals surface area (Å²) in [5.74, 6) is -0.529. The molecular formula is C15H20O7. The van der Waals surface area contributed by atoms with Crippen molar-refractivity contribution in [2.24, 2.45) is 0 Å². The molecule has 3 N–H and O–H groups in total. The van der Waals surface area contributed by atoms with E-state index < -0.39 is 36.7 Å². The van der Waals surface area contributed by atoms with Crippen LogP contribution in [0.4, 0.5) is 0 Å². The van der Waals surface area contributed by atoms with Gasteiger partial charge >= 0.3 is 5.97 Å². The second-order valence-corrected chi connectivity index (χ2v) is 5.11. The molecule has 1 heterocycles. The second-order valence-electron chi connectivity index (χ2n) is 5.11. The van der Waals surface area contributed by atoms with E-state index in [-0.39, 0.29) is 13.2 Å². The first kappa shape index (κ1) is 16.9. The molecule has 0 radical (unpaired) electrons. The number of aliphatic hydroxyl groups excluding tert-OH is 3. The van der Waals surface area contributed by atoms with Crippen molar-refractivity contribution in [1.29, 1.82) is 0 Å². The lowest BCUT2D eigenvalue weighted by Gasteiger charge is -2.40. The highest BCUT2D eigenvalue weighted by molar-refractivity contribution is 5.65. The molecule has 0 bridgehead atoms. The SMILES string of the molecule is CC(=O)OC[C@H]1O[C@@H](O)[C@H](O)[C@@H](OCc2ccccc2)[C@H]1O. The molecule has 0 unspecified atom stereocenters. The van der Waals surface area contributed by atoms with Crippen LogP contribution < -0.4 is 0 Å². The van der Waals surface area contributed by atoms with Crippen LogP contribution in [0.2, 0.25) is 0 Å². The van der Waals surface area contributed by atoms with E-state index in [1.165, 1.54) is 6.92 Å². The van der Waals surface area contributed by atoms with E-state index in [0.717, 1.165) is 5.56 Å². The van der Waals surface area contributed by atoms with Crippen molar-refractivity contribution in [2.75, 3.05) is 6.61 Å². The van der Waals surface area contributed by atoms with E-state index in [1.807, 2.05) is 30.3 Å². The molecule has 0 spiro atoms. The van der Waals surface area contributed by atoms with Gasteiger partial charge in [0.2, 0.25) is 0 Å². The Bertz CT molecular complexity index is 478. The first-order valence-electron chi connectivity index (χ1n) is 6.97. The topological polar surface area (TPSA) is 105 Å². The van der Waals surface area contributed by atoms with Crippen molar-refractivity contribution in [3.63, 3.8) is 0 Å². The van der Waals surface area contributed by atoms with E-state index in [1.54, 1.807) is 0 Å². The van der Waals surface area contributed by atoms with E-state index >= 15 is 0 Å². The predicted octanol–water partition coefficient (Wildman–Crippen LogP) is -0.426. The Labute approximate surface area is 128 Å². The van der Waals surface area contributed by atoms with Gasteiger partial charge in [-0.05, 0) is 5.56 Å². The van der Waals surface area contributed by atoms with Gasteiger partial charge in [0.15, 0.2) is 6.29 Å². The van der Waals surface area contributed by atoms with Gasteiger partial charge in [-0.3, -0.25) is 4.79 Å². The van der Waals surface area contributed by atoms with Gasteiger partial charge in [0.1, 0.15) is 31.0 Å². The van der Waals surface area contributed by atoms with Crippen LogP contribution in [0.1, 0.15) is 12.5 Å². The molecule has 122 valence electrons. The molecule has 1 fully saturated rings. The highest BCUT2D eigenvalue weighted by atomic mass is 16.7. The van der Waals surface area contributed by atoms with Gasteiger partial charge in [-0.25, -0.2) is 0 Å². The number of hydrogen-bond donors (Lipinski definition) is 3. The van der Waals surface area contributed by atoms with Crippen LogP contribution in [0, 0.1) is 0 Å². The molecular weight excluding hydrogens is 292 g/mol. The lowest BCUT2D eigenvalue weighted by Crippen LogP contribution is -2.59. The predicted molar refractivity (Wildman–Crippen MR) is 74.5 cm³/mol. The largest absolute Gasteiger partial charge is 0.463 e. The number of carbonyl (C=O) groups excluding carboxylic acids is 1. The van der Waals surface area contributed by atoms with Gasteiger partial charge in [-0.15, -0.1) is 0 Å². The van der Waals surface area contributed by atoms with Crippen LogP contribution >= 0.6 is 0 Å². The van der Waals surface area contributed by atoms with Gasteiger partial charge in [0, 0.05) is 6.92 Å². The summed E-state index contributed by atoms with van der Waals surface area (Å²) in [6, 6.07) is 9.22. The van der Waals surface area contributed by atoms with Crippen LogP contribution in [0.3, 0.4) is 0 Å². The average Bonchev–Trinajstić information content (AvgIpc) is 2.50. The molecule has 1 aromatic carbocycles. The van der Waals surface area contributed by atoms with Gasteiger partial charge < -0.3 is 29.5 Å². The average molecular weight is 312 g/mol. The molecule has 22 heavy (non-hydrogen) atoms. The smallest absolute Gasteiger partial charge is 0.302 e. The zero-order valence-corrected chi connectivity index (χ0v) is 12.2. The summed E-state index contributed by atoms with van der Waals surface area (Å²) in [5, 5.41) is 29.8. The van der Waals surface area contributed by atoms with Crippen molar-refractivity contribution in [3.8, 4) is 0 Å². The number of ether oxygens (including phenoxy) is 3. The van der Waals surface area contributed by atoms with Gasteiger partial charge in [0.05, 0.1) is 6.61 Å². The molecule has 2 rings (SSSR count). The Morgan fingerprint density at radius 1 is 1.18 bits per heavy atom. The Kier molecular flexibility index (Phi) is 5.87. The fourth-order valence-electron chi connectivity index (χ4n) is 2.22. The minimum absolute atomic E-state index is 0.159. The second kappa shape index (κ2) is 7.66. The number of esters is 1. The normalized spacial score (nSPS) is 31.7. The monoisotopic (exact) mass is 312 g/mol. The van der Waals surface area contributed by atoms with Crippen molar-refractivity contribution in [3.05, 3.63) is 35.9 Å². The number of hydrogen-bond acceptors (Lipinski definition) is 7. The van der Waals surface area contributed by atoms with E-state index in [0.29, 0.717) is 0 Å². The lowest BCUT2D eigenvalue weighted by atomic mass is 9.99. The van der Waals surface area contributed by atoms with Crippen LogP contribution in [0.15, 0.2) is 30.3 Å². The van der Waals surface area contributed by atoms with Crippen molar-refractivity contribution >= 4 is 5.97 Å². The van der Waals surface area contributed by atoms with Gasteiger partial charge in [-0.2, -0.15) is 0 Å². The van der Waals surface area contributed by atoms with Crippen LogP contribution in [0.5, 0.6) is 0 Å². The fraction of sp³-hybridized carbons (Fsp3) is 0.533. The zero-order chi connectivity index (χ0) is 16.1. The summed E-state index contributed by atoms with van der Waals surface area (Å²) >= 11 is 0. The molecule has 5 atom stereocenters. The summed E-state index contributed by atoms with van der Waals surface area (Å²) < 4.78 is 15.3. The zero-order valence-electron chi connectivity index (χ0n) is 12.2. The van der Waals surface area contributed by atoms with Crippen molar-refractivity contribution in [2.45, 2.75) is 44.2 Å². The molecule has 7 nitrogen and oxygen atoms in total. The fourth-order valence-corrected chi connectivity index (χ4v) is 2.22. The first-order chi connectivity index (χ1) is 10.5. The number of rotatable bonds is 5. The minimum atomic E-state index is -1.52. The van der Waals surface area contributed by atoms with Gasteiger partial charge in [0.25, 0.3) is 0 Å². The van der Waals surface area contributed by atoms with Crippen molar-refractivity contribution < 1.29 is 34.3 Å². The van der Waals surface area contributed by atoms with Crippen molar-refractivity contribution in [1.82, 2.24) is 0 Å². The molecule has 0 aromatic heterocycles. The van der Waals surface area contributed by atoms with Crippen LogP contribution in [-0.4, -0.2) is 58.6 Å². The summed E-state index contributed by atoms with van der Waals surface area (Å²) in [7, 11) is 0. The van der Waals surface area contributed by atoms with E-state index in [2.05, 4.69) is 0 Å². The summed E-state index contributed by atoms with van der Waals surface area (Å²) in [4.78, 5) is 10.8. The molecule has 7 heteroatoms. The molecule has 0 amide bonds. The Hall–Kier alpha value is -1.51. The first-order valence-corrected chi connectivity index (χ1v) is 6.97. The standard InChI is InChI=1S/C15H20O7/c1-9(16)20-8-11-12(17)14(13(18)15(19)22-11)21-7-10-5-3-2-4-6-10/h2-6,11-15,17-19H,7-8H2,1H3/t11-,12+,13-,14+,15-/m1/s1. The number of aliphatic hydroxyl groups is 3. The van der Waals surface area contributed by atoms with Crippen LogP contribution in [-0.2, 0) is 25.6 Å². The van der Waals surface area contributed by atoms with Gasteiger partial charge in [-0.1, -0.05) is 30.3 Å². The third kappa shape index (κ3) is 4.25. The Morgan fingerprint density at radius 2 is 1.86 bits per heavy atom. The maximum Gasteiger partial charge on any atom is 0.302 e. The Balaban J connectivity index is 1.98. The number of benzene rings is 1. The minimum Gasteiger partial charge on any atom is -0.463 e.